The van der Waals surface area contributed by atoms with Crippen LogP contribution >= 0.6 is 22.7 Å². The van der Waals surface area contributed by atoms with Gasteiger partial charge in [0.2, 0.25) is 5.91 Å². The van der Waals surface area contributed by atoms with Gasteiger partial charge in [-0.1, -0.05) is 24.3 Å². The summed E-state index contributed by atoms with van der Waals surface area (Å²) in [5.41, 5.74) is 2.08. The predicted octanol–water partition coefficient (Wildman–Crippen LogP) is 5.23. The van der Waals surface area contributed by atoms with Crippen LogP contribution in [0.4, 0.5) is 10.5 Å². The zero-order valence-electron chi connectivity index (χ0n) is 17.2. The van der Waals surface area contributed by atoms with E-state index in [1.165, 1.54) is 15.3 Å². The van der Waals surface area contributed by atoms with Crippen molar-refractivity contribution in [3.8, 4) is 0 Å². The van der Waals surface area contributed by atoms with Gasteiger partial charge in [0.05, 0.1) is 6.04 Å². The summed E-state index contributed by atoms with van der Waals surface area (Å²) in [7, 11) is 0. The number of carbonyl (C=O) groups is 2. The summed E-state index contributed by atoms with van der Waals surface area (Å²) >= 11 is 3.51. The largest absolute Gasteiger partial charge is 0.330 e. The van der Waals surface area contributed by atoms with Crippen LogP contribution < -0.4 is 5.32 Å². The van der Waals surface area contributed by atoms with Gasteiger partial charge in [-0.3, -0.25) is 4.79 Å². The second kappa shape index (κ2) is 8.85. The van der Waals surface area contributed by atoms with Gasteiger partial charge in [-0.15, -0.1) is 22.7 Å². The molecule has 2 aliphatic rings. The molecule has 7 heteroatoms. The highest BCUT2D eigenvalue weighted by atomic mass is 32.1. The van der Waals surface area contributed by atoms with E-state index in [0.29, 0.717) is 25.9 Å². The number of benzene rings is 1. The number of thiophene rings is 2. The molecule has 3 amide bonds. The van der Waals surface area contributed by atoms with Crippen molar-refractivity contribution < 1.29 is 9.59 Å². The van der Waals surface area contributed by atoms with Crippen molar-refractivity contribution in [2.24, 2.45) is 5.92 Å². The summed E-state index contributed by atoms with van der Waals surface area (Å²) in [5, 5.41) is 7.17. The smallest absolute Gasteiger partial charge is 0.321 e. The van der Waals surface area contributed by atoms with Crippen LogP contribution in [0.25, 0.3) is 0 Å². The van der Waals surface area contributed by atoms with Gasteiger partial charge in [0, 0.05) is 41.0 Å². The van der Waals surface area contributed by atoms with Gasteiger partial charge < -0.3 is 15.1 Å². The topological polar surface area (TPSA) is 52.7 Å². The minimum atomic E-state index is -0.0885. The molecule has 1 atom stereocenters. The van der Waals surface area contributed by atoms with Gasteiger partial charge >= 0.3 is 6.03 Å². The molecule has 1 unspecified atom stereocenters. The highest BCUT2D eigenvalue weighted by Gasteiger charge is 2.37. The van der Waals surface area contributed by atoms with Crippen LogP contribution in [-0.4, -0.2) is 41.4 Å². The number of anilines is 1. The maximum atomic E-state index is 13.6. The van der Waals surface area contributed by atoms with Crippen LogP contribution in [0.3, 0.4) is 0 Å². The molecule has 2 aliphatic heterocycles. The molecular formula is C24H25N3O2S2. The first-order valence-electron chi connectivity index (χ1n) is 10.7. The Morgan fingerprint density at radius 1 is 0.903 bits per heavy atom. The molecule has 5 nitrogen and oxygen atoms in total. The Labute approximate surface area is 190 Å². The van der Waals surface area contributed by atoms with Crippen molar-refractivity contribution in [3.63, 3.8) is 0 Å². The lowest BCUT2D eigenvalue weighted by atomic mass is 9.91. The molecule has 3 aromatic rings. The summed E-state index contributed by atoms with van der Waals surface area (Å²) in [6.45, 7) is 1.98. The fourth-order valence-electron chi connectivity index (χ4n) is 4.60. The molecule has 0 spiro atoms. The van der Waals surface area contributed by atoms with Crippen LogP contribution in [-0.2, 0) is 11.2 Å². The number of rotatable bonds is 3. The number of carbonyl (C=O) groups excluding carboxylic acids is 2. The molecular weight excluding hydrogens is 426 g/mol. The van der Waals surface area contributed by atoms with E-state index in [1.807, 2.05) is 35.2 Å². The van der Waals surface area contributed by atoms with Crippen LogP contribution in [0.5, 0.6) is 0 Å². The number of likely N-dealkylation sites (tertiary alicyclic amines) is 1. The van der Waals surface area contributed by atoms with E-state index >= 15 is 0 Å². The van der Waals surface area contributed by atoms with Crippen molar-refractivity contribution >= 4 is 40.3 Å². The third-order valence-corrected chi connectivity index (χ3v) is 8.14. The number of urea groups is 1. The second-order valence-electron chi connectivity index (χ2n) is 8.06. The Kier molecular flexibility index (Phi) is 5.78. The van der Waals surface area contributed by atoms with Gasteiger partial charge in [0.1, 0.15) is 0 Å². The Bertz CT molecular complexity index is 1040. The van der Waals surface area contributed by atoms with E-state index < -0.39 is 0 Å². The molecule has 1 saturated heterocycles. The summed E-state index contributed by atoms with van der Waals surface area (Å²) in [6, 6.07) is 15.8. The molecule has 0 aliphatic carbocycles. The van der Waals surface area contributed by atoms with Crippen molar-refractivity contribution in [2.45, 2.75) is 25.3 Å². The fraction of sp³-hybridized carbons (Fsp3) is 0.333. The SMILES string of the molecule is O=C(Nc1ccccc1)N1CCC(C(=O)N2CCc3sccc3C2c2cccs2)CC1. The number of fused-ring (bicyclic) bond motifs is 1. The highest BCUT2D eigenvalue weighted by Crippen LogP contribution is 2.40. The Hall–Kier alpha value is -2.64. The van der Waals surface area contributed by atoms with Crippen molar-refractivity contribution in [1.29, 1.82) is 0 Å². The zero-order valence-corrected chi connectivity index (χ0v) is 18.8. The standard InChI is InChI=1S/C24H25N3O2S2/c28-23(17-8-12-26(13-9-17)24(29)25-18-5-2-1-3-6-18)27-14-10-20-19(11-16-31-20)22(27)21-7-4-15-30-21/h1-7,11,15-17,22H,8-10,12-14H2,(H,25,29). The van der Waals surface area contributed by atoms with E-state index in [-0.39, 0.29) is 23.9 Å². The molecule has 0 radical (unpaired) electrons. The van der Waals surface area contributed by atoms with Crippen LogP contribution in [0.1, 0.15) is 34.2 Å². The Morgan fingerprint density at radius 3 is 2.45 bits per heavy atom. The summed E-state index contributed by atoms with van der Waals surface area (Å²) in [4.78, 5) is 32.7. The number of para-hydroxylation sites is 1. The molecule has 1 N–H and O–H groups in total. The van der Waals surface area contributed by atoms with E-state index in [1.54, 1.807) is 22.7 Å². The predicted molar refractivity (Wildman–Crippen MR) is 126 cm³/mol. The number of nitrogens with zero attached hydrogens (tertiary/aromatic N) is 2. The number of piperidine rings is 1. The van der Waals surface area contributed by atoms with Crippen LogP contribution in [0.2, 0.25) is 0 Å². The molecule has 5 rings (SSSR count). The van der Waals surface area contributed by atoms with Gasteiger partial charge in [-0.25, -0.2) is 4.79 Å². The molecule has 31 heavy (non-hydrogen) atoms. The fourth-order valence-corrected chi connectivity index (χ4v) is 6.35. The van der Waals surface area contributed by atoms with Gasteiger partial charge in [-0.2, -0.15) is 0 Å². The average molecular weight is 452 g/mol. The normalized spacial score (nSPS) is 19.2. The summed E-state index contributed by atoms with van der Waals surface area (Å²) in [6.07, 6.45) is 2.36. The van der Waals surface area contributed by atoms with Crippen molar-refractivity contribution in [3.05, 3.63) is 74.6 Å². The summed E-state index contributed by atoms with van der Waals surface area (Å²) in [5.74, 6) is 0.210. The third kappa shape index (κ3) is 4.12. The minimum absolute atomic E-state index is 0.0246. The molecule has 2 aromatic heterocycles. The minimum Gasteiger partial charge on any atom is -0.330 e. The number of amides is 3. The average Bonchev–Trinajstić information content (AvgIpc) is 3.51. The zero-order chi connectivity index (χ0) is 21.2. The first-order chi connectivity index (χ1) is 15.2. The second-order valence-corrected chi connectivity index (χ2v) is 10.0. The molecule has 4 heterocycles. The van der Waals surface area contributed by atoms with E-state index in [2.05, 4.69) is 39.2 Å². The van der Waals surface area contributed by atoms with Crippen molar-refractivity contribution in [1.82, 2.24) is 9.80 Å². The van der Waals surface area contributed by atoms with Crippen LogP contribution in [0.15, 0.2) is 59.3 Å². The van der Waals surface area contributed by atoms with E-state index in [9.17, 15) is 9.59 Å². The number of hydrogen-bond acceptors (Lipinski definition) is 4. The first-order valence-corrected chi connectivity index (χ1v) is 12.5. The lowest BCUT2D eigenvalue weighted by Crippen LogP contribution is -2.48. The highest BCUT2D eigenvalue weighted by molar-refractivity contribution is 7.10. The lowest BCUT2D eigenvalue weighted by molar-refractivity contribution is -0.139. The first kappa shape index (κ1) is 20.3. The Balaban J connectivity index is 1.25. The number of hydrogen-bond donors (Lipinski definition) is 1. The van der Waals surface area contributed by atoms with E-state index in [0.717, 1.165) is 18.7 Å². The quantitative estimate of drug-likeness (QED) is 0.593. The van der Waals surface area contributed by atoms with Crippen molar-refractivity contribution in [2.75, 3.05) is 25.0 Å². The van der Waals surface area contributed by atoms with Gasteiger partial charge in [0.15, 0.2) is 0 Å². The van der Waals surface area contributed by atoms with Gasteiger partial charge in [-0.05, 0) is 59.9 Å². The maximum Gasteiger partial charge on any atom is 0.321 e. The maximum absolute atomic E-state index is 13.6. The number of nitrogens with one attached hydrogen (secondary N) is 1. The molecule has 1 fully saturated rings. The third-order valence-electron chi connectivity index (χ3n) is 6.22. The lowest BCUT2D eigenvalue weighted by Gasteiger charge is -2.39. The molecule has 0 bridgehead atoms. The Morgan fingerprint density at radius 2 is 1.71 bits per heavy atom. The molecule has 1 aromatic carbocycles. The molecule has 160 valence electrons. The van der Waals surface area contributed by atoms with Gasteiger partial charge in [0.25, 0.3) is 0 Å². The monoisotopic (exact) mass is 451 g/mol. The van der Waals surface area contributed by atoms with Crippen LogP contribution in [0, 0.1) is 5.92 Å². The molecule has 0 saturated carbocycles. The summed E-state index contributed by atoms with van der Waals surface area (Å²) < 4.78 is 0. The van der Waals surface area contributed by atoms with E-state index in [4.69, 9.17) is 0 Å².